The molecular weight excluding hydrogens is 240 g/mol. The Morgan fingerprint density at radius 3 is 2.26 bits per heavy atom. The molecule has 1 fully saturated rings. The molecule has 1 aliphatic rings. The van der Waals surface area contributed by atoms with E-state index in [0.29, 0.717) is 17.9 Å². The molecule has 0 aromatic rings. The predicted molar refractivity (Wildman–Crippen MR) is 78.0 cm³/mol. The number of nitrogens with two attached hydrogens (primary N) is 1. The molecule has 2 N–H and O–H groups in total. The predicted octanol–water partition coefficient (Wildman–Crippen LogP) is 3.01. The van der Waals surface area contributed by atoms with Crippen LogP contribution in [0.1, 0.15) is 53.4 Å². The van der Waals surface area contributed by atoms with Crippen molar-refractivity contribution in [2.45, 2.75) is 65.0 Å². The lowest BCUT2D eigenvalue weighted by Crippen LogP contribution is -2.43. The SMILES string of the molecule is CC(CN)C1CCC(N(C)C(=O)OC(C)(C)C)CC1. The smallest absolute Gasteiger partial charge is 0.410 e. The Hall–Kier alpha value is -0.770. The second kappa shape index (κ2) is 6.60. The first-order valence-corrected chi connectivity index (χ1v) is 7.40. The lowest BCUT2D eigenvalue weighted by Gasteiger charge is -2.37. The van der Waals surface area contributed by atoms with Crippen LogP contribution in [0.2, 0.25) is 0 Å². The van der Waals surface area contributed by atoms with Crippen molar-refractivity contribution in [1.29, 1.82) is 0 Å². The molecule has 1 atom stereocenters. The Kier molecular flexibility index (Phi) is 5.65. The van der Waals surface area contributed by atoms with Crippen molar-refractivity contribution in [2.75, 3.05) is 13.6 Å². The van der Waals surface area contributed by atoms with Crippen molar-refractivity contribution < 1.29 is 9.53 Å². The van der Waals surface area contributed by atoms with Gasteiger partial charge in [-0.25, -0.2) is 4.79 Å². The number of hydrogen-bond acceptors (Lipinski definition) is 3. The van der Waals surface area contributed by atoms with E-state index < -0.39 is 5.60 Å². The van der Waals surface area contributed by atoms with Crippen molar-refractivity contribution in [1.82, 2.24) is 4.90 Å². The largest absolute Gasteiger partial charge is 0.444 e. The van der Waals surface area contributed by atoms with Gasteiger partial charge < -0.3 is 15.4 Å². The fraction of sp³-hybridized carbons (Fsp3) is 0.933. The summed E-state index contributed by atoms with van der Waals surface area (Å²) in [5.41, 5.74) is 5.31. The minimum atomic E-state index is -0.420. The van der Waals surface area contributed by atoms with Gasteiger partial charge >= 0.3 is 6.09 Å². The van der Waals surface area contributed by atoms with Crippen LogP contribution >= 0.6 is 0 Å². The molecule has 0 heterocycles. The van der Waals surface area contributed by atoms with Gasteiger partial charge in [0.25, 0.3) is 0 Å². The third-order valence-corrected chi connectivity index (χ3v) is 4.15. The average Bonchev–Trinajstić information content (AvgIpc) is 2.35. The third kappa shape index (κ3) is 5.01. The van der Waals surface area contributed by atoms with Crippen molar-refractivity contribution in [3.63, 3.8) is 0 Å². The molecule has 0 aliphatic heterocycles. The lowest BCUT2D eigenvalue weighted by molar-refractivity contribution is 0.0162. The number of amides is 1. The molecule has 112 valence electrons. The molecule has 0 aromatic heterocycles. The van der Waals surface area contributed by atoms with Crippen LogP contribution in [-0.2, 0) is 4.74 Å². The lowest BCUT2D eigenvalue weighted by atomic mass is 9.78. The van der Waals surface area contributed by atoms with Gasteiger partial charge in [0.1, 0.15) is 5.60 Å². The summed E-state index contributed by atoms with van der Waals surface area (Å²) < 4.78 is 5.42. The normalized spacial score (nSPS) is 25.8. The van der Waals surface area contributed by atoms with E-state index in [1.54, 1.807) is 4.90 Å². The van der Waals surface area contributed by atoms with E-state index in [1.807, 2.05) is 27.8 Å². The maximum Gasteiger partial charge on any atom is 0.410 e. The Labute approximate surface area is 117 Å². The van der Waals surface area contributed by atoms with Gasteiger partial charge in [-0.05, 0) is 64.8 Å². The monoisotopic (exact) mass is 270 g/mol. The van der Waals surface area contributed by atoms with Crippen LogP contribution in [0, 0.1) is 11.8 Å². The Balaban J connectivity index is 2.44. The third-order valence-electron chi connectivity index (χ3n) is 4.15. The maximum absolute atomic E-state index is 12.0. The molecule has 1 saturated carbocycles. The van der Waals surface area contributed by atoms with Crippen LogP contribution in [0.4, 0.5) is 4.79 Å². The first-order valence-electron chi connectivity index (χ1n) is 7.40. The molecule has 19 heavy (non-hydrogen) atoms. The standard InChI is InChI=1S/C15H30N2O2/c1-11(10-16)12-6-8-13(9-7-12)17(5)14(18)19-15(2,3)4/h11-13H,6-10,16H2,1-5H3. The van der Waals surface area contributed by atoms with Gasteiger partial charge in [0, 0.05) is 13.1 Å². The van der Waals surface area contributed by atoms with E-state index in [0.717, 1.165) is 32.2 Å². The van der Waals surface area contributed by atoms with Gasteiger partial charge in [-0.3, -0.25) is 0 Å². The first-order chi connectivity index (χ1) is 8.74. The van der Waals surface area contributed by atoms with Crippen LogP contribution in [0.25, 0.3) is 0 Å². The molecule has 1 rings (SSSR count). The first kappa shape index (κ1) is 16.3. The summed E-state index contributed by atoms with van der Waals surface area (Å²) in [5.74, 6) is 1.31. The molecular formula is C15H30N2O2. The quantitative estimate of drug-likeness (QED) is 0.857. The van der Waals surface area contributed by atoms with Gasteiger partial charge in [0.05, 0.1) is 0 Å². The summed E-state index contributed by atoms with van der Waals surface area (Å²) in [7, 11) is 1.85. The number of hydrogen-bond donors (Lipinski definition) is 1. The molecule has 4 heteroatoms. The minimum Gasteiger partial charge on any atom is -0.444 e. The Bertz CT molecular complexity index is 291. The van der Waals surface area contributed by atoms with Gasteiger partial charge in [-0.1, -0.05) is 6.92 Å². The summed E-state index contributed by atoms with van der Waals surface area (Å²) in [5, 5.41) is 0. The fourth-order valence-corrected chi connectivity index (χ4v) is 2.73. The summed E-state index contributed by atoms with van der Waals surface area (Å²) >= 11 is 0. The molecule has 0 bridgehead atoms. The number of rotatable bonds is 3. The second-order valence-electron chi connectivity index (χ2n) is 6.87. The number of carbonyl (C=O) groups is 1. The molecule has 0 aromatic carbocycles. The minimum absolute atomic E-state index is 0.206. The molecule has 1 amide bonds. The second-order valence-corrected chi connectivity index (χ2v) is 6.87. The maximum atomic E-state index is 12.0. The number of nitrogens with zero attached hydrogens (tertiary/aromatic N) is 1. The highest BCUT2D eigenvalue weighted by molar-refractivity contribution is 5.68. The topological polar surface area (TPSA) is 55.6 Å². The van der Waals surface area contributed by atoms with Gasteiger partial charge in [0.2, 0.25) is 0 Å². The van der Waals surface area contributed by atoms with E-state index >= 15 is 0 Å². The van der Waals surface area contributed by atoms with Crippen LogP contribution in [0.15, 0.2) is 0 Å². The number of carbonyl (C=O) groups excluding carboxylic acids is 1. The highest BCUT2D eigenvalue weighted by atomic mass is 16.6. The zero-order chi connectivity index (χ0) is 14.6. The molecule has 0 spiro atoms. The van der Waals surface area contributed by atoms with Crippen molar-refractivity contribution >= 4 is 6.09 Å². The van der Waals surface area contributed by atoms with Crippen molar-refractivity contribution in [3.8, 4) is 0 Å². The summed E-state index contributed by atoms with van der Waals surface area (Å²) in [6.45, 7) is 8.69. The zero-order valence-electron chi connectivity index (χ0n) is 13.1. The van der Waals surface area contributed by atoms with E-state index in [-0.39, 0.29) is 6.09 Å². The Morgan fingerprint density at radius 2 is 1.84 bits per heavy atom. The molecule has 4 nitrogen and oxygen atoms in total. The van der Waals surface area contributed by atoms with Crippen LogP contribution in [-0.4, -0.2) is 36.2 Å². The van der Waals surface area contributed by atoms with Crippen LogP contribution in [0.3, 0.4) is 0 Å². The fourth-order valence-electron chi connectivity index (χ4n) is 2.73. The van der Waals surface area contributed by atoms with Gasteiger partial charge in [-0.15, -0.1) is 0 Å². The Morgan fingerprint density at radius 1 is 1.32 bits per heavy atom. The summed E-state index contributed by atoms with van der Waals surface area (Å²) in [6, 6.07) is 0.316. The van der Waals surface area contributed by atoms with Crippen LogP contribution < -0.4 is 5.73 Å². The van der Waals surface area contributed by atoms with E-state index in [2.05, 4.69) is 6.92 Å². The van der Waals surface area contributed by atoms with Crippen molar-refractivity contribution in [3.05, 3.63) is 0 Å². The number of ether oxygens (including phenoxy) is 1. The highest BCUT2D eigenvalue weighted by Crippen LogP contribution is 2.32. The average molecular weight is 270 g/mol. The van der Waals surface area contributed by atoms with Crippen molar-refractivity contribution in [2.24, 2.45) is 17.6 Å². The van der Waals surface area contributed by atoms with Crippen LogP contribution in [0.5, 0.6) is 0 Å². The molecule has 0 saturated heterocycles. The van der Waals surface area contributed by atoms with E-state index in [1.165, 1.54) is 0 Å². The van der Waals surface area contributed by atoms with E-state index in [4.69, 9.17) is 10.5 Å². The molecule has 1 unspecified atom stereocenters. The molecule has 1 aliphatic carbocycles. The van der Waals surface area contributed by atoms with E-state index in [9.17, 15) is 4.79 Å². The zero-order valence-corrected chi connectivity index (χ0v) is 13.1. The van der Waals surface area contributed by atoms with Gasteiger partial charge in [-0.2, -0.15) is 0 Å². The highest BCUT2D eigenvalue weighted by Gasteiger charge is 2.30. The summed E-state index contributed by atoms with van der Waals surface area (Å²) in [6.07, 6.45) is 4.24. The molecule has 0 radical (unpaired) electrons. The summed E-state index contributed by atoms with van der Waals surface area (Å²) in [4.78, 5) is 13.8. The van der Waals surface area contributed by atoms with Gasteiger partial charge in [0.15, 0.2) is 0 Å².